The number of sulfone groups is 1. The van der Waals surface area contributed by atoms with Gasteiger partial charge in [-0.2, -0.15) is 0 Å². The predicted octanol–water partition coefficient (Wildman–Crippen LogP) is 1.76. The van der Waals surface area contributed by atoms with Gasteiger partial charge in [0.15, 0.2) is 5.76 Å². The molecule has 9 heteroatoms. The van der Waals surface area contributed by atoms with Gasteiger partial charge < -0.3 is 9.42 Å². The third-order valence-corrected chi connectivity index (χ3v) is 5.25. The van der Waals surface area contributed by atoms with Gasteiger partial charge in [-0.25, -0.2) is 8.42 Å². The highest BCUT2D eigenvalue weighted by atomic mass is 32.2. The van der Waals surface area contributed by atoms with Crippen LogP contribution in [0.2, 0.25) is 0 Å². The van der Waals surface area contributed by atoms with Gasteiger partial charge in [-0.05, 0) is 26.7 Å². The Morgan fingerprint density at radius 1 is 1.35 bits per heavy atom. The second-order valence-electron chi connectivity index (χ2n) is 6.39. The fourth-order valence-electron chi connectivity index (χ4n) is 2.46. The lowest BCUT2D eigenvalue weighted by molar-refractivity contribution is 0.385. The van der Waals surface area contributed by atoms with Crippen LogP contribution in [0.5, 0.6) is 0 Å². The lowest BCUT2D eigenvalue weighted by Crippen LogP contribution is -2.20. The topological polar surface area (TPSA) is 94.1 Å². The van der Waals surface area contributed by atoms with E-state index in [0.717, 1.165) is 18.5 Å². The Morgan fingerprint density at radius 2 is 2.04 bits per heavy atom. The van der Waals surface area contributed by atoms with Crippen LogP contribution in [0.4, 0.5) is 5.95 Å². The molecule has 0 bridgehead atoms. The lowest BCUT2D eigenvalue weighted by atomic mass is 10.3. The molecule has 0 N–H and O–H groups in total. The summed E-state index contributed by atoms with van der Waals surface area (Å²) < 4.78 is 32.3. The second-order valence-corrected chi connectivity index (χ2v) is 8.28. The van der Waals surface area contributed by atoms with Crippen molar-refractivity contribution in [1.29, 1.82) is 0 Å². The van der Waals surface area contributed by atoms with Gasteiger partial charge in [0.1, 0.15) is 5.75 Å². The molecular formula is C14H21N5O3S. The molecule has 0 unspecified atom stereocenters. The maximum absolute atomic E-state index is 12.7. The first-order valence-electron chi connectivity index (χ1n) is 7.60. The van der Waals surface area contributed by atoms with E-state index in [4.69, 9.17) is 4.52 Å². The zero-order valence-electron chi connectivity index (χ0n) is 13.7. The predicted molar refractivity (Wildman–Crippen MR) is 84.1 cm³/mol. The van der Waals surface area contributed by atoms with E-state index >= 15 is 0 Å². The third kappa shape index (κ3) is 3.10. The number of aromatic nitrogens is 4. The van der Waals surface area contributed by atoms with Crippen molar-refractivity contribution in [3.63, 3.8) is 0 Å². The molecule has 8 nitrogen and oxygen atoms in total. The molecular weight excluding hydrogens is 318 g/mol. The first kappa shape index (κ1) is 16.0. The Morgan fingerprint density at radius 3 is 2.61 bits per heavy atom. The number of anilines is 1. The zero-order valence-corrected chi connectivity index (χ0v) is 14.5. The summed E-state index contributed by atoms with van der Waals surface area (Å²) >= 11 is 0. The number of rotatable bonds is 6. The molecule has 2 aromatic rings. The molecule has 0 radical (unpaired) electrons. The first-order chi connectivity index (χ1) is 10.8. The van der Waals surface area contributed by atoms with E-state index in [1.807, 2.05) is 13.8 Å². The van der Waals surface area contributed by atoms with Crippen molar-refractivity contribution in [2.45, 2.75) is 49.6 Å². The monoisotopic (exact) mass is 339 g/mol. The molecule has 0 spiro atoms. The Labute approximate surface area is 135 Å². The van der Waals surface area contributed by atoms with Gasteiger partial charge >= 0.3 is 0 Å². The summed E-state index contributed by atoms with van der Waals surface area (Å²) in [6.45, 7) is 3.80. The van der Waals surface area contributed by atoms with Crippen LogP contribution in [0.15, 0.2) is 15.7 Å². The standard InChI is InChI=1S/C14H21N5O3S/c1-9(2)19-13(18(3)4)15-16-14(19)23(20,21)8-11-7-12(17-22-11)10-5-6-10/h7,9-10H,5-6,8H2,1-4H3. The summed E-state index contributed by atoms with van der Waals surface area (Å²) in [7, 11) is -0.0583. The summed E-state index contributed by atoms with van der Waals surface area (Å²) in [6, 6.07) is 1.65. The van der Waals surface area contributed by atoms with E-state index in [0.29, 0.717) is 17.6 Å². The lowest BCUT2D eigenvalue weighted by Gasteiger charge is -2.17. The minimum absolute atomic E-state index is 0.0411. The van der Waals surface area contributed by atoms with Crippen LogP contribution in [-0.4, -0.2) is 42.4 Å². The van der Waals surface area contributed by atoms with Gasteiger partial charge in [0.2, 0.25) is 15.8 Å². The van der Waals surface area contributed by atoms with Crippen LogP contribution in [0, 0.1) is 0 Å². The van der Waals surface area contributed by atoms with Gasteiger partial charge in [0, 0.05) is 32.1 Å². The maximum Gasteiger partial charge on any atom is 0.251 e. The summed E-state index contributed by atoms with van der Waals surface area (Å²) in [5.74, 6) is 1.02. The van der Waals surface area contributed by atoms with Gasteiger partial charge in [-0.15, -0.1) is 10.2 Å². The Kier molecular flexibility index (Phi) is 3.91. The van der Waals surface area contributed by atoms with Gasteiger partial charge in [0.05, 0.1) is 5.69 Å². The molecule has 1 aliphatic rings. The van der Waals surface area contributed by atoms with E-state index < -0.39 is 9.84 Å². The van der Waals surface area contributed by atoms with Crippen LogP contribution in [0.25, 0.3) is 0 Å². The van der Waals surface area contributed by atoms with Gasteiger partial charge in [0.25, 0.3) is 5.16 Å². The maximum atomic E-state index is 12.7. The summed E-state index contributed by atoms with van der Waals surface area (Å²) in [5.41, 5.74) is 0.842. The molecule has 1 fully saturated rings. The van der Waals surface area contributed by atoms with Crippen LogP contribution >= 0.6 is 0 Å². The van der Waals surface area contributed by atoms with Crippen molar-refractivity contribution in [1.82, 2.24) is 19.9 Å². The van der Waals surface area contributed by atoms with Crippen LogP contribution in [-0.2, 0) is 15.6 Å². The Hall–Kier alpha value is -1.90. The van der Waals surface area contributed by atoms with Crippen molar-refractivity contribution in [3.8, 4) is 0 Å². The van der Waals surface area contributed by atoms with E-state index in [2.05, 4.69) is 15.4 Å². The average molecular weight is 339 g/mol. The Bertz CT molecular complexity index is 802. The molecule has 3 rings (SSSR count). The summed E-state index contributed by atoms with van der Waals surface area (Å²) in [6.07, 6.45) is 2.18. The van der Waals surface area contributed by atoms with Crippen molar-refractivity contribution in [2.24, 2.45) is 0 Å². The van der Waals surface area contributed by atoms with Gasteiger partial charge in [-0.1, -0.05) is 5.16 Å². The average Bonchev–Trinajstić information content (AvgIpc) is 3.01. The van der Waals surface area contributed by atoms with E-state index in [1.165, 1.54) is 0 Å². The van der Waals surface area contributed by atoms with Crippen molar-refractivity contribution < 1.29 is 12.9 Å². The largest absolute Gasteiger partial charge is 0.360 e. The molecule has 0 aromatic carbocycles. The van der Waals surface area contributed by atoms with E-state index in [1.54, 1.807) is 29.6 Å². The van der Waals surface area contributed by atoms with Crippen LogP contribution in [0.1, 0.15) is 50.1 Å². The molecule has 1 saturated carbocycles. The van der Waals surface area contributed by atoms with Crippen molar-refractivity contribution in [3.05, 3.63) is 17.5 Å². The molecule has 0 aliphatic heterocycles. The molecule has 1 aliphatic carbocycles. The molecule has 2 aromatic heterocycles. The van der Waals surface area contributed by atoms with E-state index in [9.17, 15) is 8.42 Å². The Balaban J connectivity index is 1.92. The molecule has 2 heterocycles. The van der Waals surface area contributed by atoms with Crippen LogP contribution < -0.4 is 4.90 Å². The molecule has 0 amide bonds. The highest BCUT2D eigenvalue weighted by molar-refractivity contribution is 7.90. The first-order valence-corrected chi connectivity index (χ1v) is 9.25. The SMILES string of the molecule is CC(C)n1c(N(C)C)nnc1S(=O)(=O)Cc1cc(C2CC2)no1. The number of nitrogens with zero attached hydrogens (tertiary/aromatic N) is 5. The molecule has 0 atom stereocenters. The second kappa shape index (κ2) is 5.63. The van der Waals surface area contributed by atoms with Crippen molar-refractivity contribution in [2.75, 3.05) is 19.0 Å². The minimum atomic E-state index is -3.66. The zero-order chi connectivity index (χ0) is 16.8. The molecule has 0 saturated heterocycles. The van der Waals surface area contributed by atoms with Gasteiger partial charge in [-0.3, -0.25) is 4.57 Å². The smallest absolute Gasteiger partial charge is 0.251 e. The summed E-state index contributed by atoms with van der Waals surface area (Å²) in [4.78, 5) is 1.74. The third-order valence-electron chi connectivity index (χ3n) is 3.75. The van der Waals surface area contributed by atoms with Crippen molar-refractivity contribution >= 4 is 15.8 Å². The quantitative estimate of drug-likeness (QED) is 0.791. The minimum Gasteiger partial charge on any atom is -0.360 e. The molecule has 126 valence electrons. The summed E-state index contributed by atoms with van der Waals surface area (Å²) in [5, 5.41) is 11.8. The van der Waals surface area contributed by atoms with Crippen LogP contribution in [0.3, 0.4) is 0 Å². The highest BCUT2D eigenvalue weighted by Crippen LogP contribution is 2.39. The fourth-order valence-corrected chi connectivity index (χ4v) is 3.86. The number of hydrogen-bond acceptors (Lipinski definition) is 7. The van der Waals surface area contributed by atoms with E-state index in [-0.39, 0.29) is 17.0 Å². The highest BCUT2D eigenvalue weighted by Gasteiger charge is 2.31. The number of hydrogen-bond donors (Lipinski definition) is 0. The molecule has 23 heavy (non-hydrogen) atoms. The fraction of sp³-hybridized carbons (Fsp3) is 0.643. The normalized spacial score (nSPS) is 15.3.